The van der Waals surface area contributed by atoms with Crippen molar-refractivity contribution in [2.75, 3.05) is 52.4 Å². The summed E-state index contributed by atoms with van der Waals surface area (Å²) < 4.78 is 5.39. The quantitative estimate of drug-likeness (QED) is 0.704. The molecule has 3 heterocycles. The number of esters is 1. The lowest BCUT2D eigenvalue weighted by atomic mass is 9.96. The molecule has 2 amide bonds. The summed E-state index contributed by atoms with van der Waals surface area (Å²) in [5.41, 5.74) is 2.25. The molecule has 0 unspecified atom stereocenters. The summed E-state index contributed by atoms with van der Waals surface area (Å²) >= 11 is 1.55. The summed E-state index contributed by atoms with van der Waals surface area (Å²) in [6.07, 6.45) is 0. The molecule has 2 aliphatic heterocycles. The van der Waals surface area contributed by atoms with Gasteiger partial charge >= 0.3 is 12.0 Å². The zero-order valence-electron chi connectivity index (χ0n) is 16.9. The van der Waals surface area contributed by atoms with Crippen LogP contribution in [0.25, 0.3) is 0 Å². The van der Waals surface area contributed by atoms with Crippen molar-refractivity contribution in [3.05, 3.63) is 33.7 Å². The van der Waals surface area contributed by atoms with Crippen LogP contribution in [0.3, 0.4) is 0 Å². The Morgan fingerprint density at radius 1 is 1.18 bits per heavy atom. The molecule has 0 aromatic carbocycles. The summed E-state index contributed by atoms with van der Waals surface area (Å²) in [6, 6.07) is 1.33. The van der Waals surface area contributed by atoms with E-state index >= 15 is 0 Å². The Morgan fingerprint density at radius 2 is 1.89 bits per heavy atom. The molecule has 154 valence electrons. The van der Waals surface area contributed by atoms with E-state index in [1.807, 2.05) is 23.8 Å². The van der Waals surface area contributed by atoms with E-state index in [0.717, 1.165) is 44.0 Å². The third-order valence-corrected chi connectivity index (χ3v) is 6.11. The highest BCUT2D eigenvalue weighted by atomic mass is 32.1. The van der Waals surface area contributed by atoms with Crippen molar-refractivity contribution < 1.29 is 14.3 Å². The number of likely N-dealkylation sites (N-methyl/N-ethyl adjacent to an activating group) is 2. The first-order valence-corrected chi connectivity index (χ1v) is 11.0. The van der Waals surface area contributed by atoms with Gasteiger partial charge in [0.2, 0.25) is 0 Å². The largest absolute Gasteiger partial charge is 0.463 e. The van der Waals surface area contributed by atoms with Crippen LogP contribution in [0.15, 0.2) is 28.1 Å². The molecule has 1 aromatic heterocycles. The number of ether oxygens (including phenoxy) is 1. The van der Waals surface area contributed by atoms with Crippen molar-refractivity contribution in [1.29, 1.82) is 0 Å². The van der Waals surface area contributed by atoms with Crippen LogP contribution >= 0.6 is 11.3 Å². The van der Waals surface area contributed by atoms with Crippen LogP contribution in [-0.2, 0) is 9.53 Å². The lowest BCUT2D eigenvalue weighted by Gasteiger charge is -2.40. The van der Waals surface area contributed by atoms with Gasteiger partial charge in [-0.3, -0.25) is 9.80 Å². The van der Waals surface area contributed by atoms with E-state index in [4.69, 9.17) is 4.74 Å². The number of nitrogens with one attached hydrogen (secondary N) is 1. The van der Waals surface area contributed by atoms with Gasteiger partial charge < -0.3 is 15.0 Å². The minimum absolute atomic E-state index is 0.158. The van der Waals surface area contributed by atoms with E-state index in [9.17, 15) is 9.59 Å². The van der Waals surface area contributed by atoms with Gasteiger partial charge in [-0.1, -0.05) is 6.92 Å². The number of carbonyl (C=O) groups is 2. The SMILES string of the molecule is CCOC(=O)C1=C(CN2CCN(CC)CC2)N(CC)C(=O)N[C@@H]1c1ccsc1. The van der Waals surface area contributed by atoms with Crippen LogP contribution < -0.4 is 5.32 Å². The molecule has 28 heavy (non-hydrogen) atoms. The number of hydrogen-bond donors (Lipinski definition) is 1. The minimum atomic E-state index is -0.465. The maximum atomic E-state index is 12.9. The highest BCUT2D eigenvalue weighted by Gasteiger charge is 2.38. The summed E-state index contributed by atoms with van der Waals surface area (Å²) in [5.74, 6) is -0.348. The number of amides is 2. The molecular formula is C20H30N4O3S. The second-order valence-corrected chi connectivity index (χ2v) is 7.75. The van der Waals surface area contributed by atoms with Crippen LogP contribution in [0.1, 0.15) is 32.4 Å². The predicted molar refractivity (Wildman–Crippen MR) is 110 cm³/mol. The number of piperazine rings is 1. The van der Waals surface area contributed by atoms with E-state index < -0.39 is 6.04 Å². The van der Waals surface area contributed by atoms with Gasteiger partial charge in [-0.2, -0.15) is 11.3 Å². The first-order chi connectivity index (χ1) is 13.6. The predicted octanol–water partition coefficient (Wildman–Crippen LogP) is 2.29. The van der Waals surface area contributed by atoms with Crippen LogP contribution in [0.4, 0.5) is 4.79 Å². The van der Waals surface area contributed by atoms with Crippen molar-refractivity contribution in [3.63, 3.8) is 0 Å². The molecule has 0 saturated carbocycles. The molecule has 0 radical (unpaired) electrons. The zero-order chi connectivity index (χ0) is 20.1. The molecular weight excluding hydrogens is 376 g/mol. The Bertz CT molecular complexity index is 711. The molecule has 1 aromatic rings. The lowest BCUT2D eigenvalue weighted by Crippen LogP contribution is -2.53. The smallest absolute Gasteiger partial charge is 0.338 e. The number of rotatable bonds is 7. The van der Waals surface area contributed by atoms with Gasteiger partial charge in [0.1, 0.15) is 0 Å². The molecule has 3 rings (SSSR count). The third-order valence-electron chi connectivity index (χ3n) is 5.41. The monoisotopic (exact) mass is 406 g/mol. The molecule has 2 aliphatic rings. The lowest BCUT2D eigenvalue weighted by molar-refractivity contribution is -0.139. The van der Waals surface area contributed by atoms with Crippen molar-refractivity contribution in [1.82, 2.24) is 20.0 Å². The topological polar surface area (TPSA) is 65.1 Å². The van der Waals surface area contributed by atoms with Gasteiger partial charge in [0.05, 0.1) is 18.2 Å². The highest BCUT2D eigenvalue weighted by Crippen LogP contribution is 2.33. The fraction of sp³-hybridized carbons (Fsp3) is 0.600. The molecule has 7 nitrogen and oxygen atoms in total. The molecule has 1 fully saturated rings. The molecule has 0 bridgehead atoms. The van der Waals surface area contributed by atoms with Crippen LogP contribution in [0, 0.1) is 0 Å². The Kier molecular flexibility index (Phi) is 7.09. The van der Waals surface area contributed by atoms with Crippen molar-refractivity contribution in [2.24, 2.45) is 0 Å². The average Bonchev–Trinajstić information content (AvgIpc) is 3.23. The van der Waals surface area contributed by atoms with Crippen LogP contribution in [-0.4, -0.2) is 79.1 Å². The van der Waals surface area contributed by atoms with Crippen molar-refractivity contribution in [3.8, 4) is 0 Å². The maximum Gasteiger partial charge on any atom is 0.338 e. The highest BCUT2D eigenvalue weighted by molar-refractivity contribution is 7.08. The first-order valence-electron chi connectivity index (χ1n) is 10.0. The Balaban J connectivity index is 1.96. The number of carbonyl (C=O) groups excluding carboxylic acids is 2. The summed E-state index contributed by atoms with van der Waals surface area (Å²) in [6.45, 7) is 12.2. The molecule has 0 spiro atoms. The second-order valence-electron chi connectivity index (χ2n) is 6.97. The summed E-state index contributed by atoms with van der Waals surface area (Å²) in [4.78, 5) is 32.2. The van der Waals surface area contributed by atoms with E-state index in [-0.39, 0.29) is 12.0 Å². The average molecular weight is 407 g/mol. The number of nitrogens with zero attached hydrogens (tertiary/aromatic N) is 3. The number of hydrogen-bond acceptors (Lipinski definition) is 6. The van der Waals surface area contributed by atoms with Crippen molar-refractivity contribution in [2.45, 2.75) is 26.8 Å². The van der Waals surface area contributed by atoms with Gasteiger partial charge in [0.15, 0.2) is 0 Å². The van der Waals surface area contributed by atoms with Crippen LogP contribution in [0.2, 0.25) is 0 Å². The molecule has 1 atom stereocenters. The fourth-order valence-electron chi connectivity index (χ4n) is 3.82. The van der Waals surface area contributed by atoms with Gasteiger partial charge in [-0.15, -0.1) is 0 Å². The molecule has 1 N–H and O–H groups in total. The molecule has 0 aliphatic carbocycles. The van der Waals surface area contributed by atoms with E-state index in [1.165, 1.54) is 0 Å². The van der Waals surface area contributed by atoms with Crippen molar-refractivity contribution >= 4 is 23.3 Å². The molecule has 8 heteroatoms. The zero-order valence-corrected chi connectivity index (χ0v) is 17.8. The van der Waals surface area contributed by atoms with E-state index in [1.54, 1.807) is 23.2 Å². The third kappa shape index (κ3) is 4.39. The van der Waals surface area contributed by atoms with Gasteiger partial charge in [0.25, 0.3) is 0 Å². The first kappa shape index (κ1) is 20.8. The Labute approximate surface area is 170 Å². The second kappa shape index (κ2) is 9.54. The van der Waals surface area contributed by atoms with E-state index in [0.29, 0.717) is 25.3 Å². The standard InChI is InChI=1S/C20H30N4O3S/c1-4-22-8-10-23(11-9-22)13-16-17(19(25)27-6-3)18(15-7-12-28-14-15)21-20(26)24(16)5-2/h7,12,14,18H,4-6,8-11,13H2,1-3H3,(H,21,26)/t18-/m1/s1. The number of thiophene rings is 1. The fourth-order valence-corrected chi connectivity index (χ4v) is 4.51. The van der Waals surface area contributed by atoms with Gasteiger partial charge in [0, 0.05) is 45.0 Å². The molecule has 1 saturated heterocycles. The van der Waals surface area contributed by atoms with Crippen LogP contribution in [0.5, 0.6) is 0 Å². The summed E-state index contributed by atoms with van der Waals surface area (Å²) in [7, 11) is 0. The van der Waals surface area contributed by atoms with Gasteiger partial charge in [-0.25, -0.2) is 9.59 Å². The Morgan fingerprint density at radius 3 is 2.46 bits per heavy atom. The maximum absolute atomic E-state index is 12.9. The van der Waals surface area contributed by atoms with E-state index in [2.05, 4.69) is 22.0 Å². The Hall–Kier alpha value is -1.90. The normalized spacial score (nSPS) is 21.8. The minimum Gasteiger partial charge on any atom is -0.463 e. The number of urea groups is 1. The van der Waals surface area contributed by atoms with Gasteiger partial charge in [-0.05, 0) is 42.8 Å². The summed E-state index contributed by atoms with van der Waals surface area (Å²) in [5, 5.41) is 6.93.